The molecule has 15 heavy (non-hydrogen) atoms. The SMILES string of the molecule is Cc1cc(C(F)(F)F)c(C(F)F)[nH]c1=O. The molecule has 0 fully saturated rings. The maximum atomic E-state index is 12.3. The quantitative estimate of drug-likeness (QED) is 0.735. The summed E-state index contributed by atoms with van der Waals surface area (Å²) in [5, 5.41) is 0. The van der Waals surface area contributed by atoms with E-state index in [2.05, 4.69) is 0 Å². The number of aryl methyl sites for hydroxylation is 1. The van der Waals surface area contributed by atoms with Gasteiger partial charge in [-0.3, -0.25) is 4.79 Å². The Labute approximate surface area is 80.7 Å². The first-order chi connectivity index (χ1) is 6.73. The van der Waals surface area contributed by atoms with Gasteiger partial charge in [0, 0.05) is 5.56 Å². The Morgan fingerprint density at radius 1 is 1.33 bits per heavy atom. The second kappa shape index (κ2) is 3.63. The lowest BCUT2D eigenvalue weighted by molar-refractivity contribution is -0.140. The van der Waals surface area contributed by atoms with E-state index in [1.165, 1.54) is 4.98 Å². The molecular formula is C8H6F5NO. The summed E-state index contributed by atoms with van der Waals surface area (Å²) in [6, 6.07) is 0.417. The van der Waals surface area contributed by atoms with Crippen LogP contribution in [0.1, 0.15) is 23.2 Å². The Balaban J connectivity index is 3.49. The molecule has 0 atom stereocenters. The highest BCUT2D eigenvalue weighted by Gasteiger charge is 2.36. The average Bonchev–Trinajstić information content (AvgIpc) is 2.06. The van der Waals surface area contributed by atoms with E-state index >= 15 is 0 Å². The number of rotatable bonds is 1. The molecule has 1 rings (SSSR count). The van der Waals surface area contributed by atoms with Gasteiger partial charge < -0.3 is 4.98 Å². The van der Waals surface area contributed by atoms with Gasteiger partial charge in [0.25, 0.3) is 12.0 Å². The summed E-state index contributed by atoms with van der Waals surface area (Å²) in [7, 11) is 0. The number of H-pyrrole nitrogens is 1. The molecule has 1 aromatic heterocycles. The van der Waals surface area contributed by atoms with E-state index in [1.807, 2.05) is 0 Å². The second-order valence-electron chi connectivity index (χ2n) is 2.91. The molecule has 0 spiro atoms. The van der Waals surface area contributed by atoms with Gasteiger partial charge in [-0.1, -0.05) is 0 Å². The molecule has 2 nitrogen and oxygen atoms in total. The molecule has 0 aliphatic rings. The van der Waals surface area contributed by atoms with Crippen LogP contribution in [0.4, 0.5) is 22.0 Å². The van der Waals surface area contributed by atoms with Crippen LogP contribution < -0.4 is 5.56 Å². The van der Waals surface area contributed by atoms with Crippen molar-refractivity contribution < 1.29 is 22.0 Å². The Morgan fingerprint density at radius 3 is 2.27 bits per heavy atom. The van der Waals surface area contributed by atoms with Gasteiger partial charge in [0.05, 0.1) is 11.3 Å². The molecule has 1 N–H and O–H groups in total. The van der Waals surface area contributed by atoms with Crippen LogP contribution in [0.15, 0.2) is 10.9 Å². The number of halogens is 5. The van der Waals surface area contributed by atoms with Crippen LogP contribution in [0.2, 0.25) is 0 Å². The first-order valence-electron chi connectivity index (χ1n) is 3.82. The number of hydrogen-bond acceptors (Lipinski definition) is 1. The third kappa shape index (κ3) is 2.34. The van der Waals surface area contributed by atoms with Crippen molar-refractivity contribution in [1.82, 2.24) is 4.98 Å². The molecule has 0 aromatic carbocycles. The van der Waals surface area contributed by atoms with Crippen molar-refractivity contribution in [2.75, 3.05) is 0 Å². The fourth-order valence-corrected chi connectivity index (χ4v) is 1.05. The molecule has 0 bridgehead atoms. The van der Waals surface area contributed by atoms with Crippen LogP contribution in [0.5, 0.6) is 0 Å². The normalized spacial score (nSPS) is 12.2. The minimum absolute atomic E-state index is 0.258. The molecular weight excluding hydrogens is 221 g/mol. The molecule has 0 unspecified atom stereocenters. The highest BCUT2D eigenvalue weighted by Crippen LogP contribution is 2.34. The maximum Gasteiger partial charge on any atom is 0.418 e. The smallest absolute Gasteiger partial charge is 0.320 e. The number of alkyl halides is 5. The summed E-state index contributed by atoms with van der Waals surface area (Å²) in [5.41, 5.74) is -4.10. The molecule has 0 saturated heterocycles. The van der Waals surface area contributed by atoms with Crippen molar-refractivity contribution in [3.05, 3.63) is 33.2 Å². The van der Waals surface area contributed by atoms with Crippen molar-refractivity contribution in [2.24, 2.45) is 0 Å². The Bertz CT molecular complexity index is 420. The molecule has 0 radical (unpaired) electrons. The standard InChI is InChI=1S/C8H6F5NO/c1-3-2-4(8(11,12)13)5(6(9)10)14-7(3)15/h2,6H,1H3,(H,14,15). The summed E-state index contributed by atoms with van der Waals surface area (Å²) < 4.78 is 61.2. The highest BCUT2D eigenvalue weighted by molar-refractivity contribution is 5.28. The number of nitrogens with one attached hydrogen (secondary N) is 1. The van der Waals surface area contributed by atoms with E-state index in [-0.39, 0.29) is 5.56 Å². The molecule has 0 aliphatic heterocycles. The Kier molecular flexibility index (Phi) is 2.83. The predicted octanol–water partition coefficient (Wildman–Crippen LogP) is 2.64. The van der Waals surface area contributed by atoms with E-state index < -0.39 is 29.4 Å². The van der Waals surface area contributed by atoms with Gasteiger partial charge in [0.15, 0.2) is 0 Å². The maximum absolute atomic E-state index is 12.3. The van der Waals surface area contributed by atoms with E-state index in [1.54, 1.807) is 0 Å². The molecule has 0 saturated carbocycles. The minimum Gasteiger partial charge on any atom is -0.320 e. The van der Waals surface area contributed by atoms with Crippen molar-refractivity contribution in [1.29, 1.82) is 0 Å². The van der Waals surface area contributed by atoms with Crippen LogP contribution in [-0.4, -0.2) is 4.98 Å². The van der Waals surface area contributed by atoms with E-state index in [9.17, 15) is 26.7 Å². The fraction of sp³-hybridized carbons (Fsp3) is 0.375. The number of pyridine rings is 1. The van der Waals surface area contributed by atoms with Gasteiger partial charge in [0.1, 0.15) is 0 Å². The number of aromatic amines is 1. The fourth-order valence-electron chi connectivity index (χ4n) is 1.05. The largest absolute Gasteiger partial charge is 0.418 e. The molecule has 0 amide bonds. The van der Waals surface area contributed by atoms with Crippen molar-refractivity contribution in [3.8, 4) is 0 Å². The summed E-state index contributed by atoms with van der Waals surface area (Å²) in [6.07, 6.45) is -8.27. The predicted molar refractivity (Wildman–Crippen MR) is 41.8 cm³/mol. The van der Waals surface area contributed by atoms with Gasteiger partial charge >= 0.3 is 6.18 Å². The first-order valence-corrected chi connectivity index (χ1v) is 3.82. The molecule has 1 aromatic rings. The van der Waals surface area contributed by atoms with Crippen LogP contribution >= 0.6 is 0 Å². The summed E-state index contributed by atoms with van der Waals surface area (Å²) >= 11 is 0. The van der Waals surface area contributed by atoms with Crippen LogP contribution in [0.3, 0.4) is 0 Å². The number of hydrogen-bond donors (Lipinski definition) is 1. The van der Waals surface area contributed by atoms with Crippen LogP contribution in [-0.2, 0) is 6.18 Å². The number of aromatic nitrogens is 1. The molecule has 1 heterocycles. The van der Waals surface area contributed by atoms with Crippen molar-refractivity contribution in [2.45, 2.75) is 19.5 Å². The highest BCUT2D eigenvalue weighted by atomic mass is 19.4. The van der Waals surface area contributed by atoms with E-state index in [4.69, 9.17) is 0 Å². The average molecular weight is 227 g/mol. The van der Waals surface area contributed by atoms with Crippen LogP contribution in [0.25, 0.3) is 0 Å². The lowest BCUT2D eigenvalue weighted by Crippen LogP contribution is -2.19. The van der Waals surface area contributed by atoms with Crippen molar-refractivity contribution >= 4 is 0 Å². The molecule has 84 valence electrons. The third-order valence-electron chi connectivity index (χ3n) is 1.78. The zero-order chi connectivity index (χ0) is 11.8. The van der Waals surface area contributed by atoms with Gasteiger partial charge in [-0.25, -0.2) is 8.78 Å². The lowest BCUT2D eigenvalue weighted by Gasteiger charge is -2.12. The summed E-state index contributed by atoms with van der Waals surface area (Å²) in [5.74, 6) is 0. The monoisotopic (exact) mass is 227 g/mol. The first kappa shape index (κ1) is 11.7. The van der Waals surface area contributed by atoms with Gasteiger partial charge in [0.2, 0.25) is 0 Å². The third-order valence-corrected chi connectivity index (χ3v) is 1.78. The second-order valence-corrected chi connectivity index (χ2v) is 2.91. The zero-order valence-corrected chi connectivity index (χ0v) is 7.45. The van der Waals surface area contributed by atoms with E-state index in [0.717, 1.165) is 6.92 Å². The minimum atomic E-state index is -4.90. The Hall–Kier alpha value is -1.40. The Morgan fingerprint density at radius 2 is 1.87 bits per heavy atom. The van der Waals surface area contributed by atoms with Gasteiger partial charge in [-0.05, 0) is 13.0 Å². The summed E-state index contributed by atoms with van der Waals surface area (Å²) in [4.78, 5) is 12.4. The summed E-state index contributed by atoms with van der Waals surface area (Å²) in [6.45, 7) is 1.11. The molecule has 7 heteroatoms. The van der Waals surface area contributed by atoms with Gasteiger partial charge in [-0.2, -0.15) is 13.2 Å². The van der Waals surface area contributed by atoms with E-state index in [0.29, 0.717) is 6.07 Å². The van der Waals surface area contributed by atoms with Gasteiger partial charge in [-0.15, -0.1) is 0 Å². The van der Waals surface area contributed by atoms with Crippen molar-refractivity contribution in [3.63, 3.8) is 0 Å². The molecule has 0 aliphatic carbocycles. The lowest BCUT2D eigenvalue weighted by atomic mass is 10.1. The van der Waals surface area contributed by atoms with Crippen LogP contribution in [0, 0.1) is 6.92 Å². The zero-order valence-electron chi connectivity index (χ0n) is 7.45. The topological polar surface area (TPSA) is 32.9 Å².